The molecule has 99 valence electrons. The number of carbonyl (C=O) groups is 2. The van der Waals surface area contributed by atoms with Crippen LogP contribution in [0, 0.1) is 0 Å². The lowest BCUT2D eigenvalue weighted by molar-refractivity contribution is 0.0879. The maximum atomic E-state index is 10.9. The molecule has 2 aliphatic rings. The number of hydrogen-bond donors (Lipinski definition) is 2. The molecule has 2 N–H and O–H groups in total. The van der Waals surface area contributed by atoms with Crippen molar-refractivity contribution in [1.29, 1.82) is 0 Å². The number of fused-ring (bicyclic) bond motifs is 1. The Morgan fingerprint density at radius 2 is 1.55 bits per heavy atom. The summed E-state index contributed by atoms with van der Waals surface area (Å²) >= 11 is 0. The summed E-state index contributed by atoms with van der Waals surface area (Å²) in [6, 6.07) is 6.74. The minimum absolute atomic E-state index is 0. The van der Waals surface area contributed by atoms with E-state index in [0.717, 1.165) is 0 Å². The molecule has 1 aliphatic heterocycles. The zero-order valence-corrected chi connectivity index (χ0v) is 11.9. The second-order valence-electron chi connectivity index (χ2n) is 4.00. The Kier molecular flexibility index (Phi) is 5.98. The van der Waals surface area contributed by atoms with Crippen molar-refractivity contribution in [2.45, 2.75) is 6.42 Å². The number of nitrogens with one attached hydrogen (secondary N) is 1. The molecule has 1 heterocycles. The minimum atomic E-state index is -0.300. The monoisotopic (exact) mass is 282 g/mol. The third kappa shape index (κ3) is 3.95. The van der Waals surface area contributed by atoms with E-state index in [4.69, 9.17) is 5.11 Å². The Morgan fingerprint density at radius 3 is 2.15 bits per heavy atom. The molecule has 0 saturated heterocycles. The van der Waals surface area contributed by atoms with Crippen LogP contribution in [0.5, 0.6) is 0 Å². The molecule has 0 spiro atoms. The van der Waals surface area contributed by atoms with Crippen molar-refractivity contribution in [2.24, 2.45) is 0 Å². The van der Waals surface area contributed by atoms with Gasteiger partial charge in [-0.3, -0.25) is 14.9 Å². The molecule has 20 heavy (non-hydrogen) atoms. The quantitative estimate of drug-likeness (QED) is 0.566. The van der Waals surface area contributed by atoms with Crippen molar-refractivity contribution in [2.75, 3.05) is 0 Å². The normalized spacial score (nSPS) is 15.1. The van der Waals surface area contributed by atoms with Crippen LogP contribution in [-0.4, -0.2) is 34.3 Å². The Bertz CT molecular complexity index is 570. The van der Waals surface area contributed by atoms with Crippen LogP contribution >= 0.6 is 0 Å². The summed E-state index contributed by atoms with van der Waals surface area (Å²) in [6.07, 6.45) is 9.89. The number of amides is 2. The van der Waals surface area contributed by atoms with E-state index in [1.807, 2.05) is 24.3 Å². The molecule has 2 amide bonds. The summed E-state index contributed by atoms with van der Waals surface area (Å²) in [5, 5.41) is 11.1. The van der Waals surface area contributed by atoms with Gasteiger partial charge in [-0.05, 0) is 18.2 Å². The van der Waals surface area contributed by atoms with Crippen LogP contribution < -0.4 is 5.32 Å². The standard InChI is InChI=1S/C8H5NO2.C7H8O.Al/c10-7-5-3-1-2-4-6(5)8(11)9-7;8-7-5-3-1-2-4-6-7;/h1-4H,(H,9,10,11);1-5,8H,6H2;. The molecule has 0 fully saturated rings. The topological polar surface area (TPSA) is 66.4 Å². The van der Waals surface area contributed by atoms with Gasteiger partial charge in [0, 0.05) is 23.8 Å². The van der Waals surface area contributed by atoms with Gasteiger partial charge in [-0.2, -0.15) is 0 Å². The zero-order valence-electron chi connectivity index (χ0n) is 10.7. The number of aliphatic hydroxyl groups excluding tert-OH is 1. The predicted molar refractivity (Wildman–Crippen MR) is 77.6 cm³/mol. The third-order valence-electron chi connectivity index (χ3n) is 2.62. The molecular weight excluding hydrogens is 269 g/mol. The lowest BCUT2D eigenvalue weighted by Crippen LogP contribution is -2.19. The Hall–Kier alpha value is -2.09. The van der Waals surface area contributed by atoms with E-state index in [0.29, 0.717) is 23.3 Å². The van der Waals surface area contributed by atoms with Gasteiger partial charge in [-0.1, -0.05) is 36.4 Å². The second-order valence-corrected chi connectivity index (χ2v) is 4.00. The molecule has 0 saturated carbocycles. The van der Waals surface area contributed by atoms with Crippen LogP contribution in [0.3, 0.4) is 0 Å². The number of carbonyl (C=O) groups excluding carboxylic acids is 2. The molecule has 3 rings (SSSR count). The molecule has 5 heteroatoms. The van der Waals surface area contributed by atoms with Crippen LogP contribution in [0.25, 0.3) is 0 Å². The number of allylic oxidation sites excluding steroid dienone is 5. The Labute approximate surface area is 127 Å². The van der Waals surface area contributed by atoms with Crippen molar-refractivity contribution >= 4 is 29.2 Å². The van der Waals surface area contributed by atoms with Gasteiger partial charge in [0.2, 0.25) is 0 Å². The van der Waals surface area contributed by atoms with Gasteiger partial charge in [0.1, 0.15) is 0 Å². The van der Waals surface area contributed by atoms with Gasteiger partial charge >= 0.3 is 0 Å². The molecule has 0 atom stereocenters. The Balaban J connectivity index is 0.000000200. The summed E-state index contributed by atoms with van der Waals surface area (Å²) in [7, 11) is 0. The molecule has 3 radical (unpaired) electrons. The van der Waals surface area contributed by atoms with Crippen molar-refractivity contribution in [3.8, 4) is 0 Å². The SMILES string of the molecule is O=C1NC(=O)c2ccccc21.OC1=CC=CC=CC1.[Al]. The van der Waals surface area contributed by atoms with Gasteiger partial charge in [-0.25, -0.2) is 0 Å². The second kappa shape index (κ2) is 7.49. The largest absolute Gasteiger partial charge is 0.512 e. The van der Waals surface area contributed by atoms with Crippen LogP contribution in [-0.2, 0) is 0 Å². The first kappa shape index (κ1) is 16.0. The fraction of sp³-hybridized carbons (Fsp3) is 0.0667. The molecule has 1 aliphatic carbocycles. The van der Waals surface area contributed by atoms with Gasteiger partial charge in [-0.15, -0.1) is 0 Å². The molecule has 0 aromatic heterocycles. The van der Waals surface area contributed by atoms with Crippen molar-refractivity contribution in [3.05, 3.63) is 71.5 Å². The van der Waals surface area contributed by atoms with Crippen LogP contribution in [0.1, 0.15) is 27.1 Å². The number of rotatable bonds is 0. The summed E-state index contributed by atoms with van der Waals surface area (Å²) in [4.78, 5) is 21.9. The van der Waals surface area contributed by atoms with E-state index < -0.39 is 0 Å². The molecule has 4 nitrogen and oxygen atoms in total. The van der Waals surface area contributed by atoms with Gasteiger partial charge < -0.3 is 5.11 Å². The first-order valence-corrected chi connectivity index (χ1v) is 5.84. The average molecular weight is 282 g/mol. The van der Waals surface area contributed by atoms with E-state index in [9.17, 15) is 9.59 Å². The van der Waals surface area contributed by atoms with E-state index in [2.05, 4.69) is 5.32 Å². The highest BCUT2D eigenvalue weighted by Gasteiger charge is 2.25. The fourth-order valence-electron chi connectivity index (χ4n) is 1.68. The highest BCUT2D eigenvalue weighted by molar-refractivity contribution is 6.21. The molecule has 1 aromatic carbocycles. The first-order chi connectivity index (χ1) is 9.18. The Morgan fingerprint density at radius 1 is 0.950 bits per heavy atom. The summed E-state index contributed by atoms with van der Waals surface area (Å²) in [6.45, 7) is 0. The summed E-state index contributed by atoms with van der Waals surface area (Å²) in [5.74, 6) is -0.175. The predicted octanol–water partition coefficient (Wildman–Crippen LogP) is 2.13. The average Bonchev–Trinajstić information content (AvgIpc) is 2.59. The van der Waals surface area contributed by atoms with E-state index in [-0.39, 0.29) is 29.2 Å². The van der Waals surface area contributed by atoms with E-state index >= 15 is 0 Å². The fourth-order valence-corrected chi connectivity index (χ4v) is 1.68. The van der Waals surface area contributed by atoms with E-state index in [1.54, 1.807) is 30.3 Å². The zero-order chi connectivity index (χ0) is 13.7. The lowest BCUT2D eigenvalue weighted by atomic mass is 10.1. The molecule has 1 aromatic rings. The lowest BCUT2D eigenvalue weighted by Gasteiger charge is -1.88. The van der Waals surface area contributed by atoms with Crippen LogP contribution in [0.2, 0.25) is 0 Å². The number of imide groups is 1. The van der Waals surface area contributed by atoms with Crippen molar-refractivity contribution < 1.29 is 14.7 Å². The van der Waals surface area contributed by atoms with Gasteiger partial charge in [0.25, 0.3) is 11.8 Å². The minimum Gasteiger partial charge on any atom is -0.512 e. The summed E-state index contributed by atoms with van der Waals surface area (Å²) in [5.41, 5.74) is 0.940. The van der Waals surface area contributed by atoms with Crippen LogP contribution in [0.15, 0.2) is 60.4 Å². The van der Waals surface area contributed by atoms with Crippen LogP contribution in [0.4, 0.5) is 0 Å². The maximum absolute atomic E-state index is 10.9. The highest BCUT2D eigenvalue weighted by atomic mass is 27.0. The molecule has 0 bridgehead atoms. The van der Waals surface area contributed by atoms with E-state index in [1.165, 1.54) is 0 Å². The van der Waals surface area contributed by atoms with Gasteiger partial charge in [0.05, 0.1) is 16.9 Å². The van der Waals surface area contributed by atoms with Gasteiger partial charge in [0.15, 0.2) is 0 Å². The smallest absolute Gasteiger partial charge is 0.258 e. The third-order valence-corrected chi connectivity index (χ3v) is 2.62. The molecule has 0 unspecified atom stereocenters. The first-order valence-electron chi connectivity index (χ1n) is 5.84. The highest BCUT2D eigenvalue weighted by Crippen LogP contribution is 2.13. The number of hydrogen-bond acceptors (Lipinski definition) is 3. The summed E-state index contributed by atoms with van der Waals surface area (Å²) < 4.78 is 0. The number of aliphatic hydroxyl groups is 1. The number of benzene rings is 1. The maximum Gasteiger partial charge on any atom is 0.258 e. The molecular formula is C15H13AlNO3. The van der Waals surface area contributed by atoms with Crippen molar-refractivity contribution in [1.82, 2.24) is 5.32 Å². The van der Waals surface area contributed by atoms with Crippen molar-refractivity contribution in [3.63, 3.8) is 0 Å².